The predicted octanol–water partition coefficient (Wildman–Crippen LogP) is 4.17. The number of hydrogen-bond acceptors (Lipinski definition) is 13. The maximum atomic E-state index is 15.4. The van der Waals surface area contributed by atoms with Gasteiger partial charge in [-0.05, 0) is 57.4 Å². The molecule has 2 aromatic rings. The van der Waals surface area contributed by atoms with Gasteiger partial charge in [0.25, 0.3) is 0 Å². The van der Waals surface area contributed by atoms with Crippen molar-refractivity contribution in [1.29, 1.82) is 0 Å². The van der Waals surface area contributed by atoms with E-state index in [1.807, 2.05) is 0 Å². The zero-order valence-electron chi connectivity index (χ0n) is 34.9. The maximum Gasteiger partial charge on any atom is 0.342 e. The monoisotopic (exact) mass is 828 g/mol. The number of rotatable bonds is 9. The van der Waals surface area contributed by atoms with Crippen LogP contribution in [0, 0.1) is 22.7 Å². The third-order valence-corrected chi connectivity index (χ3v) is 12.9. The second kappa shape index (κ2) is 15.0. The van der Waals surface area contributed by atoms with E-state index in [1.54, 1.807) is 96.1 Å². The number of carbonyl (C=O) groups excluding carboxylic acids is 6. The molecule has 2 amide bonds. The quantitative estimate of drug-likeness (QED) is 0.159. The minimum Gasteiger partial charge on any atom is -0.455 e. The highest BCUT2D eigenvalue weighted by atomic mass is 16.6. The van der Waals surface area contributed by atoms with E-state index in [9.17, 15) is 34.2 Å². The van der Waals surface area contributed by atoms with Gasteiger partial charge in [0.15, 0.2) is 23.6 Å². The first kappa shape index (κ1) is 42.7. The average Bonchev–Trinajstić information content (AvgIpc) is 3.90. The highest BCUT2D eigenvalue weighted by Crippen LogP contribution is 2.73. The Bertz CT molecular complexity index is 2180. The number of esters is 4. The van der Waals surface area contributed by atoms with Crippen molar-refractivity contribution in [3.8, 4) is 0 Å². The lowest BCUT2D eigenvalue weighted by molar-refractivity contribution is -0.305. The number of carbonyl (C=O) groups is 6. The van der Waals surface area contributed by atoms with Gasteiger partial charge in [0.05, 0.1) is 29.5 Å². The molecule has 1 unspecified atom stereocenters. The van der Waals surface area contributed by atoms with Crippen LogP contribution in [0.5, 0.6) is 0 Å². The first-order chi connectivity index (χ1) is 28.1. The summed E-state index contributed by atoms with van der Waals surface area (Å²) in [5.74, 6) is -6.80. The molecule has 60 heavy (non-hydrogen) atoms. The summed E-state index contributed by atoms with van der Waals surface area (Å²) in [4.78, 5) is 82.9. The van der Waals surface area contributed by atoms with Crippen LogP contribution in [-0.2, 0) is 42.9 Å². The highest BCUT2D eigenvalue weighted by Gasteiger charge is 2.82. The Kier molecular flexibility index (Phi) is 10.7. The fourth-order valence-electron chi connectivity index (χ4n) is 10.0. The van der Waals surface area contributed by atoms with Crippen molar-refractivity contribution in [1.82, 2.24) is 10.6 Å². The Balaban J connectivity index is 1.37. The summed E-state index contributed by atoms with van der Waals surface area (Å²) in [7, 11) is 0. The molecule has 1 saturated heterocycles. The summed E-state index contributed by atoms with van der Waals surface area (Å²) in [5.41, 5.74) is -6.22. The molecule has 10 atom stereocenters. The summed E-state index contributed by atoms with van der Waals surface area (Å²) < 4.78 is 30.4. The molecule has 3 fully saturated rings. The number of aliphatic hydroxyl groups is 2. The minimum absolute atomic E-state index is 0.118. The molecular weight excluding hydrogens is 776 g/mol. The van der Waals surface area contributed by atoms with Crippen LogP contribution in [0.2, 0.25) is 0 Å². The largest absolute Gasteiger partial charge is 0.455 e. The van der Waals surface area contributed by atoms with Crippen LogP contribution in [0.25, 0.3) is 0 Å². The molecule has 4 N–H and O–H groups in total. The van der Waals surface area contributed by atoms with Gasteiger partial charge >= 0.3 is 29.9 Å². The smallest absolute Gasteiger partial charge is 0.342 e. The second-order valence-corrected chi connectivity index (χ2v) is 18.2. The van der Waals surface area contributed by atoms with Crippen LogP contribution in [0.1, 0.15) is 90.2 Å². The summed E-state index contributed by atoms with van der Waals surface area (Å²) >= 11 is 0. The molecule has 15 nitrogen and oxygen atoms in total. The maximum absolute atomic E-state index is 15.4. The molecule has 2 bridgehead atoms. The Morgan fingerprint density at radius 2 is 1.55 bits per heavy atom. The number of hydrogen-bond donors (Lipinski definition) is 4. The van der Waals surface area contributed by atoms with Gasteiger partial charge in [-0.1, -0.05) is 74.0 Å². The molecule has 2 aromatic carbocycles. The lowest BCUT2D eigenvalue weighted by Crippen LogP contribution is -2.77. The van der Waals surface area contributed by atoms with E-state index < -0.39 is 112 Å². The lowest BCUT2D eigenvalue weighted by atomic mass is 9.48. The normalized spacial score (nSPS) is 32.0. The van der Waals surface area contributed by atoms with Gasteiger partial charge in [-0.3, -0.25) is 14.4 Å². The number of urea groups is 1. The number of fused-ring (bicyclic) bond motifs is 4. The van der Waals surface area contributed by atoms with Crippen LogP contribution in [0.15, 0.2) is 83.6 Å². The molecule has 2 saturated carbocycles. The van der Waals surface area contributed by atoms with Crippen LogP contribution in [0.4, 0.5) is 4.79 Å². The van der Waals surface area contributed by atoms with Gasteiger partial charge in [-0.2, -0.15) is 0 Å². The second-order valence-electron chi connectivity index (χ2n) is 18.2. The Labute approximate surface area is 347 Å². The predicted molar refractivity (Wildman–Crippen MR) is 211 cm³/mol. The first-order valence-electron chi connectivity index (χ1n) is 20.0. The molecule has 320 valence electrons. The van der Waals surface area contributed by atoms with Crippen molar-refractivity contribution in [2.75, 3.05) is 6.61 Å². The van der Waals surface area contributed by atoms with Crippen LogP contribution in [0.3, 0.4) is 0 Å². The number of nitrogens with one attached hydrogen (secondary N) is 2. The average molecular weight is 829 g/mol. The molecule has 1 heterocycles. The number of benzene rings is 2. The van der Waals surface area contributed by atoms with E-state index in [-0.39, 0.29) is 29.9 Å². The van der Waals surface area contributed by atoms with Gasteiger partial charge in [0.2, 0.25) is 0 Å². The third-order valence-electron chi connectivity index (χ3n) is 12.9. The Hall–Kier alpha value is -5.38. The van der Waals surface area contributed by atoms with Gasteiger partial charge in [0.1, 0.15) is 23.6 Å². The number of Topliss-reactive ketones (excluding diaryl/α,β-unsaturated/α-hetero) is 1. The number of ether oxygens (including phenoxy) is 5. The molecule has 1 spiro atoms. The van der Waals surface area contributed by atoms with Crippen molar-refractivity contribution < 1.29 is 62.7 Å². The molecule has 0 aromatic heterocycles. The Morgan fingerprint density at radius 3 is 2.12 bits per heavy atom. The molecule has 7 rings (SSSR count). The summed E-state index contributed by atoms with van der Waals surface area (Å²) in [5, 5.41) is 30.8. The van der Waals surface area contributed by atoms with E-state index in [2.05, 4.69) is 10.6 Å². The van der Waals surface area contributed by atoms with E-state index in [0.29, 0.717) is 11.1 Å². The van der Waals surface area contributed by atoms with Crippen LogP contribution >= 0.6 is 0 Å². The van der Waals surface area contributed by atoms with Gasteiger partial charge in [-0.25, -0.2) is 14.4 Å². The van der Waals surface area contributed by atoms with Crippen molar-refractivity contribution in [2.45, 2.75) is 115 Å². The molecule has 15 heteroatoms. The SMILES string of the molecule is CC(=O)O[C@H]1C(=O)[C@]23CC2=C[C@H]2OC[C@@]2(OC(C)=O)[C@H]3[C@H](OC(=O)c2ccccc2)[C@]2(O)CC(OC(=O)[C@H](O)[C@@H](NC(=O)NC(C)(C)C)c3ccccc3)=C(C)C1C2(C)C. The standard InChI is InChI=1S/C45H52N2O13/c1-23-29(58-39(53)33(50)32(26-15-11-9-12-16-26)46-40(54)47-41(4,5)6)21-45(55)37(59-38(52)27-17-13-10-14-18-27)35-43(36(51)34(57-24(2)48)31(23)42(45,7)8)20-28(43)19-30-44(35,22-56-30)60-25(3)49/h9-19,30-35,37,50,55H,20-22H2,1-8H3,(H2,46,47,54)/t30-,31?,32+,33-,34-,35+,37+,43-,44+,45-/m1/s1. The van der Waals surface area contributed by atoms with Gasteiger partial charge in [0, 0.05) is 37.1 Å². The number of allylic oxidation sites excluding steroid dienone is 1. The molecule has 5 aliphatic rings. The molecule has 0 radical (unpaired) electrons. The summed E-state index contributed by atoms with van der Waals surface area (Å²) in [6.45, 7) is 12.3. The fourth-order valence-corrected chi connectivity index (χ4v) is 10.0. The number of aliphatic hydroxyl groups excluding tert-OH is 1. The highest BCUT2D eigenvalue weighted by molar-refractivity contribution is 5.99. The number of ketones is 1. The van der Waals surface area contributed by atoms with Crippen LogP contribution in [-0.4, -0.2) is 93.7 Å². The zero-order valence-corrected chi connectivity index (χ0v) is 34.9. The topological polar surface area (TPSA) is 213 Å². The van der Waals surface area contributed by atoms with Crippen molar-refractivity contribution in [3.63, 3.8) is 0 Å². The molecule has 1 aliphatic heterocycles. The van der Waals surface area contributed by atoms with Gasteiger partial charge < -0.3 is 44.5 Å². The molecule has 4 aliphatic carbocycles. The third kappa shape index (κ3) is 6.99. The van der Waals surface area contributed by atoms with Crippen molar-refractivity contribution >= 4 is 35.7 Å². The van der Waals surface area contributed by atoms with E-state index in [4.69, 9.17) is 23.7 Å². The molecular formula is C45H52N2O13. The summed E-state index contributed by atoms with van der Waals surface area (Å²) in [6, 6.07) is 14.4. The van der Waals surface area contributed by atoms with Crippen LogP contribution < -0.4 is 10.6 Å². The Morgan fingerprint density at radius 1 is 0.917 bits per heavy atom. The van der Waals surface area contributed by atoms with E-state index in [0.717, 1.165) is 6.92 Å². The van der Waals surface area contributed by atoms with E-state index >= 15 is 4.79 Å². The lowest BCUT2D eigenvalue weighted by Gasteiger charge is -2.63. The fraction of sp³-hybridized carbons (Fsp3) is 0.511. The zero-order chi connectivity index (χ0) is 43.7. The summed E-state index contributed by atoms with van der Waals surface area (Å²) in [6.07, 6.45) is -4.79. The minimum atomic E-state index is -2.26. The van der Waals surface area contributed by atoms with Gasteiger partial charge in [-0.15, -0.1) is 0 Å². The van der Waals surface area contributed by atoms with Crippen molar-refractivity contribution in [3.05, 3.63) is 94.8 Å². The number of amides is 2. The van der Waals surface area contributed by atoms with E-state index in [1.165, 1.54) is 19.1 Å². The van der Waals surface area contributed by atoms with Crippen molar-refractivity contribution in [2.24, 2.45) is 22.7 Å². The first-order valence-corrected chi connectivity index (χ1v) is 20.0.